The molecule has 0 spiro atoms. The molecule has 5 heteroatoms. The predicted octanol–water partition coefficient (Wildman–Crippen LogP) is 4.20. The number of hydrogen-bond donors (Lipinski definition) is 2. The first-order chi connectivity index (χ1) is 9.50. The number of amides is 1. The molecule has 3 N–H and O–H groups in total. The lowest BCUT2D eigenvalue weighted by Gasteiger charge is -2.25. The molecule has 0 radical (unpaired) electrons. The molecule has 3 rings (SSSR count). The number of nitrogen functional groups attached to an aromatic ring is 1. The van der Waals surface area contributed by atoms with Crippen LogP contribution in [-0.4, -0.2) is 11.4 Å². The minimum absolute atomic E-state index is 0.0795. The summed E-state index contributed by atoms with van der Waals surface area (Å²) in [5.41, 5.74) is 6.52. The van der Waals surface area contributed by atoms with E-state index in [-0.39, 0.29) is 11.4 Å². The fourth-order valence-electron chi connectivity index (χ4n) is 2.91. The molecule has 3 nitrogen and oxygen atoms in total. The first-order valence-corrected chi connectivity index (χ1v) is 7.99. The van der Waals surface area contributed by atoms with Gasteiger partial charge in [-0.05, 0) is 31.9 Å². The molecule has 1 aromatic carbocycles. The monoisotopic (exact) mass is 308 g/mol. The number of carbonyl (C=O) groups excluding carboxylic acids is 1. The topological polar surface area (TPSA) is 55.1 Å². The summed E-state index contributed by atoms with van der Waals surface area (Å²) in [6, 6.07) is 5.61. The molecule has 0 atom stereocenters. The number of carbonyl (C=O) groups is 1. The normalized spacial score (nSPS) is 17.5. The molecule has 1 aliphatic carbocycles. The maximum Gasteiger partial charge on any atom is 0.263 e. The lowest BCUT2D eigenvalue weighted by atomic mass is 10.0. The zero-order chi connectivity index (χ0) is 14.3. The van der Waals surface area contributed by atoms with Crippen LogP contribution < -0.4 is 11.1 Å². The van der Waals surface area contributed by atoms with Crippen LogP contribution in [0.2, 0.25) is 5.02 Å². The number of anilines is 1. The van der Waals surface area contributed by atoms with Crippen LogP contribution in [0, 0.1) is 0 Å². The Balaban J connectivity index is 1.96. The van der Waals surface area contributed by atoms with Gasteiger partial charge >= 0.3 is 0 Å². The van der Waals surface area contributed by atoms with Gasteiger partial charge in [-0.3, -0.25) is 4.79 Å². The van der Waals surface area contributed by atoms with E-state index in [1.807, 2.05) is 12.1 Å². The van der Waals surface area contributed by atoms with Gasteiger partial charge in [-0.1, -0.05) is 30.5 Å². The van der Waals surface area contributed by atoms with Gasteiger partial charge in [0.2, 0.25) is 0 Å². The molecule has 1 aromatic heterocycles. The van der Waals surface area contributed by atoms with Gasteiger partial charge in [0.05, 0.1) is 10.7 Å². The molecule has 1 heterocycles. The highest BCUT2D eigenvalue weighted by Crippen LogP contribution is 2.38. The average molecular weight is 309 g/mol. The highest BCUT2D eigenvalue weighted by atomic mass is 35.5. The molecule has 1 aliphatic rings. The summed E-state index contributed by atoms with van der Waals surface area (Å²) in [4.78, 5) is 13.1. The van der Waals surface area contributed by atoms with E-state index in [4.69, 9.17) is 17.3 Å². The molecular weight excluding hydrogens is 292 g/mol. The van der Waals surface area contributed by atoms with Crippen LogP contribution >= 0.6 is 22.9 Å². The molecule has 0 bridgehead atoms. The molecule has 0 saturated heterocycles. The molecule has 1 saturated carbocycles. The number of thiophene rings is 1. The molecule has 20 heavy (non-hydrogen) atoms. The Hall–Kier alpha value is -1.26. The molecular formula is C15H17ClN2OS. The maximum absolute atomic E-state index is 12.5. The van der Waals surface area contributed by atoms with Crippen molar-refractivity contribution in [1.29, 1.82) is 0 Å². The Morgan fingerprint density at radius 1 is 1.40 bits per heavy atom. The van der Waals surface area contributed by atoms with Crippen LogP contribution in [0.1, 0.15) is 42.3 Å². The Morgan fingerprint density at radius 3 is 2.75 bits per heavy atom. The number of halogens is 1. The Bertz CT molecular complexity index is 674. The second-order valence-corrected chi connectivity index (χ2v) is 7.14. The highest BCUT2D eigenvalue weighted by Gasteiger charge is 2.31. The second-order valence-electron chi connectivity index (χ2n) is 5.68. The largest absolute Gasteiger partial charge is 0.397 e. The summed E-state index contributed by atoms with van der Waals surface area (Å²) in [5, 5.41) is 4.53. The van der Waals surface area contributed by atoms with E-state index in [9.17, 15) is 4.79 Å². The minimum atomic E-state index is -0.0938. The predicted molar refractivity (Wildman–Crippen MR) is 85.6 cm³/mol. The maximum atomic E-state index is 12.5. The Labute approximate surface area is 127 Å². The van der Waals surface area contributed by atoms with E-state index < -0.39 is 0 Å². The van der Waals surface area contributed by atoms with Crippen molar-refractivity contribution < 1.29 is 4.79 Å². The van der Waals surface area contributed by atoms with Crippen molar-refractivity contribution in [2.24, 2.45) is 0 Å². The van der Waals surface area contributed by atoms with E-state index in [0.717, 1.165) is 22.9 Å². The van der Waals surface area contributed by atoms with E-state index in [1.54, 1.807) is 6.07 Å². The molecule has 1 amide bonds. The van der Waals surface area contributed by atoms with Gasteiger partial charge in [-0.2, -0.15) is 0 Å². The van der Waals surface area contributed by atoms with Crippen molar-refractivity contribution in [2.45, 2.75) is 38.1 Å². The van der Waals surface area contributed by atoms with Crippen LogP contribution in [0.4, 0.5) is 5.69 Å². The molecule has 106 valence electrons. The fourth-order valence-corrected chi connectivity index (χ4v) is 4.29. The summed E-state index contributed by atoms with van der Waals surface area (Å²) in [5.74, 6) is -0.0795. The summed E-state index contributed by atoms with van der Waals surface area (Å²) in [6.07, 6.45) is 4.41. The number of fused-ring (bicyclic) bond motifs is 1. The van der Waals surface area contributed by atoms with Gasteiger partial charge in [0.25, 0.3) is 5.91 Å². The molecule has 2 aromatic rings. The third kappa shape index (κ3) is 2.27. The fraction of sp³-hybridized carbons (Fsp3) is 0.400. The standard InChI is InChI=1S/C15H17ClN2OS/c1-15(7-2-3-8-15)18-14(19)13-12(17)11-9(16)5-4-6-10(11)20-13/h4-6H,2-3,7-8,17H2,1H3,(H,18,19). The summed E-state index contributed by atoms with van der Waals surface area (Å²) in [6.45, 7) is 2.11. The first-order valence-electron chi connectivity index (χ1n) is 6.79. The van der Waals surface area contributed by atoms with Crippen molar-refractivity contribution in [3.63, 3.8) is 0 Å². The van der Waals surface area contributed by atoms with Crippen LogP contribution in [-0.2, 0) is 0 Å². The van der Waals surface area contributed by atoms with E-state index in [1.165, 1.54) is 24.2 Å². The molecule has 0 unspecified atom stereocenters. The van der Waals surface area contributed by atoms with Crippen molar-refractivity contribution in [3.8, 4) is 0 Å². The van der Waals surface area contributed by atoms with E-state index in [2.05, 4.69) is 12.2 Å². The quantitative estimate of drug-likeness (QED) is 0.873. The van der Waals surface area contributed by atoms with Gasteiger partial charge in [0, 0.05) is 15.6 Å². The van der Waals surface area contributed by atoms with Crippen molar-refractivity contribution >= 4 is 44.6 Å². The number of benzene rings is 1. The van der Waals surface area contributed by atoms with Gasteiger partial charge in [-0.25, -0.2) is 0 Å². The van der Waals surface area contributed by atoms with E-state index in [0.29, 0.717) is 15.6 Å². The van der Waals surface area contributed by atoms with E-state index >= 15 is 0 Å². The first kappa shape index (κ1) is 13.7. The van der Waals surface area contributed by atoms with Gasteiger partial charge in [0.15, 0.2) is 0 Å². The van der Waals surface area contributed by atoms with Crippen molar-refractivity contribution in [1.82, 2.24) is 5.32 Å². The minimum Gasteiger partial charge on any atom is -0.397 e. The highest BCUT2D eigenvalue weighted by molar-refractivity contribution is 7.21. The van der Waals surface area contributed by atoms with Crippen LogP contribution in [0.15, 0.2) is 18.2 Å². The lowest BCUT2D eigenvalue weighted by Crippen LogP contribution is -2.43. The number of hydrogen-bond acceptors (Lipinski definition) is 3. The third-order valence-electron chi connectivity index (χ3n) is 4.03. The number of nitrogens with one attached hydrogen (secondary N) is 1. The summed E-state index contributed by atoms with van der Waals surface area (Å²) in [7, 11) is 0. The third-order valence-corrected chi connectivity index (χ3v) is 5.51. The molecule has 0 aliphatic heterocycles. The van der Waals surface area contributed by atoms with Crippen LogP contribution in [0.5, 0.6) is 0 Å². The Morgan fingerprint density at radius 2 is 2.10 bits per heavy atom. The van der Waals surface area contributed by atoms with Gasteiger partial charge < -0.3 is 11.1 Å². The average Bonchev–Trinajstić information content (AvgIpc) is 2.95. The zero-order valence-electron chi connectivity index (χ0n) is 11.3. The van der Waals surface area contributed by atoms with Crippen LogP contribution in [0.3, 0.4) is 0 Å². The number of nitrogens with two attached hydrogens (primary N) is 1. The van der Waals surface area contributed by atoms with Crippen molar-refractivity contribution in [2.75, 3.05) is 5.73 Å². The smallest absolute Gasteiger partial charge is 0.263 e. The summed E-state index contributed by atoms with van der Waals surface area (Å²) < 4.78 is 0.955. The van der Waals surface area contributed by atoms with Crippen LogP contribution in [0.25, 0.3) is 10.1 Å². The number of rotatable bonds is 2. The van der Waals surface area contributed by atoms with Gasteiger partial charge in [0.1, 0.15) is 4.88 Å². The molecule has 1 fully saturated rings. The van der Waals surface area contributed by atoms with Crippen molar-refractivity contribution in [3.05, 3.63) is 28.1 Å². The summed E-state index contributed by atoms with van der Waals surface area (Å²) >= 11 is 7.58. The lowest BCUT2D eigenvalue weighted by molar-refractivity contribution is 0.0913. The second kappa shape index (κ2) is 4.93. The SMILES string of the molecule is CC1(NC(=O)c2sc3cccc(Cl)c3c2N)CCCC1. The Kier molecular flexibility index (Phi) is 3.38. The van der Waals surface area contributed by atoms with Gasteiger partial charge in [-0.15, -0.1) is 11.3 Å². The zero-order valence-corrected chi connectivity index (χ0v) is 12.9.